The number of hydrogen-bond donors (Lipinski definition) is 1. The molecule has 106 valence electrons. The lowest BCUT2D eigenvalue weighted by atomic mass is 10.0. The van der Waals surface area contributed by atoms with Crippen LogP contribution < -0.4 is 5.73 Å². The van der Waals surface area contributed by atoms with Crippen LogP contribution in [0, 0.1) is 5.82 Å². The summed E-state index contributed by atoms with van der Waals surface area (Å²) >= 11 is 0. The maximum atomic E-state index is 13.0. The lowest BCUT2D eigenvalue weighted by molar-refractivity contribution is 0.162. The first-order chi connectivity index (χ1) is 8.93. The van der Waals surface area contributed by atoms with Gasteiger partial charge in [-0.05, 0) is 24.6 Å². The summed E-state index contributed by atoms with van der Waals surface area (Å²) in [4.78, 5) is 2.09. The van der Waals surface area contributed by atoms with Crippen LogP contribution in [-0.4, -0.2) is 44.0 Å². The average Bonchev–Trinajstić information content (AvgIpc) is 2.34. The van der Waals surface area contributed by atoms with Gasteiger partial charge in [0.05, 0.1) is 11.5 Å². The second-order valence-electron chi connectivity index (χ2n) is 5.00. The molecule has 2 N–H and O–H groups in total. The van der Waals surface area contributed by atoms with Gasteiger partial charge in [0.25, 0.3) is 0 Å². The van der Waals surface area contributed by atoms with Gasteiger partial charge in [-0.3, -0.25) is 4.90 Å². The summed E-state index contributed by atoms with van der Waals surface area (Å²) in [6, 6.07) is 6.10. The Morgan fingerprint density at radius 1 is 1.42 bits per heavy atom. The van der Waals surface area contributed by atoms with Crippen LogP contribution in [0.25, 0.3) is 0 Å². The summed E-state index contributed by atoms with van der Waals surface area (Å²) in [5, 5.41) is 0. The highest BCUT2D eigenvalue weighted by Gasteiger charge is 2.32. The molecule has 0 amide bonds. The molecular weight excluding hydrogens is 267 g/mol. The minimum atomic E-state index is -2.94. The van der Waals surface area contributed by atoms with E-state index < -0.39 is 9.84 Å². The van der Waals surface area contributed by atoms with Crippen LogP contribution >= 0.6 is 0 Å². The van der Waals surface area contributed by atoms with Crippen LogP contribution in [0.15, 0.2) is 24.3 Å². The molecule has 2 rings (SSSR count). The number of benzene rings is 1. The van der Waals surface area contributed by atoms with Crippen LogP contribution in [-0.2, 0) is 9.84 Å². The van der Waals surface area contributed by atoms with Crippen molar-refractivity contribution < 1.29 is 12.8 Å². The van der Waals surface area contributed by atoms with Crippen LogP contribution in [0.3, 0.4) is 0 Å². The fraction of sp³-hybridized carbons (Fsp3) is 0.538. The Balaban J connectivity index is 2.20. The van der Waals surface area contributed by atoms with Crippen molar-refractivity contribution in [3.8, 4) is 0 Å². The monoisotopic (exact) mass is 286 g/mol. The quantitative estimate of drug-likeness (QED) is 0.898. The van der Waals surface area contributed by atoms with Gasteiger partial charge < -0.3 is 5.73 Å². The van der Waals surface area contributed by atoms with Gasteiger partial charge in [-0.2, -0.15) is 0 Å². The third-order valence-corrected chi connectivity index (χ3v) is 5.40. The van der Waals surface area contributed by atoms with E-state index in [2.05, 4.69) is 4.90 Å². The van der Waals surface area contributed by atoms with Gasteiger partial charge in [0.15, 0.2) is 9.84 Å². The smallest absolute Gasteiger partial charge is 0.153 e. The number of rotatable bonds is 3. The van der Waals surface area contributed by atoms with E-state index in [1.807, 2.05) is 6.92 Å². The van der Waals surface area contributed by atoms with Crippen molar-refractivity contribution in [3.05, 3.63) is 35.6 Å². The summed E-state index contributed by atoms with van der Waals surface area (Å²) in [6.45, 7) is 2.75. The van der Waals surface area contributed by atoms with Crippen molar-refractivity contribution in [2.24, 2.45) is 5.73 Å². The Morgan fingerprint density at radius 3 is 2.58 bits per heavy atom. The van der Waals surface area contributed by atoms with Crippen molar-refractivity contribution >= 4 is 9.84 Å². The van der Waals surface area contributed by atoms with Gasteiger partial charge in [0.1, 0.15) is 5.82 Å². The molecule has 0 saturated carbocycles. The van der Waals surface area contributed by atoms with E-state index in [1.165, 1.54) is 12.1 Å². The maximum Gasteiger partial charge on any atom is 0.153 e. The summed E-state index contributed by atoms with van der Waals surface area (Å²) in [7, 11) is -2.94. The first-order valence-corrected chi connectivity index (χ1v) is 8.17. The third kappa shape index (κ3) is 3.32. The number of hydrogen-bond acceptors (Lipinski definition) is 4. The van der Waals surface area contributed by atoms with Gasteiger partial charge in [0.2, 0.25) is 0 Å². The number of nitrogens with two attached hydrogens (primary N) is 1. The standard InChI is InChI=1S/C13H19FN2O2S/c1-10-9-19(17,18)7-6-16(10)13(8-15)11-2-4-12(14)5-3-11/h2-5,10,13H,6-9,15H2,1H3. The molecule has 19 heavy (non-hydrogen) atoms. The van der Waals surface area contributed by atoms with Gasteiger partial charge >= 0.3 is 0 Å². The molecule has 0 aliphatic carbocycles. The third-order valence-electron chi connectivity index (χ3n) is 3.60. The zero-order chi connectivity index (χ0) is 14.0. The zero-order valence-electron chi connectivity index (χ0n) is 10.9. The van der Waals surface area contributed by atoms with Crippen LogP contribution in [0.1, 0.15) is 18.5 Å². The zero-order valence-corrected chi connectivity index (χ0v) is 11.7. The van der Waals surface area contributed by atoms with E-state index in [9.17, 15) is 12.8 Å². The Kier molecular flexibility index (Phi) is 4.23. The van der Waals surface area contributed by atoms with E-state index in [0.717, 1.165) is 5.56 Å². The molecule has 1 heterocycles. The van der Waals surface area contributed by atoms with E-state index in [-0.39, 0.29) is 29.4 Å². The molecule has 1 aliphatic rings. The molecule has 1 fully saturated rings. The van der Waals surface area contributed by atoms with Crippen LogP contribution in [0.5, 0.6) is 0 Å². The molecule has 1 saturated heterocycles. The largest absolute Gasteiger partial charge is 0.329 e. The molecule has 4 nitrogen and oxygen atoms in total. The summed E-state index contributed by atoms with van der Waals surface area (Å²) in [5.74, 6) is 0.0356. The minimum Gasteiger partial charge on any atom is -0.329 e. The van der Waals surface area contributed by atoms with Gasteiger partial charge in [0, 0.05) is 25.2 Å². The van der Waals surface area contributed by atoms with E-state index >= 15 is 0 Å². The molecule has 0 radical (unpaired) electrons. The highest BCUT2D eigenvalue weighted by Crippen LogP contribution is 2.25. The van der Waals surface area contributed by atoms with Gasteiger partial charge in [-0.1, -0.05) is 12.1 Å². The molecule has 6 heteroatoms. The van der Waals surface area contributed by atoms with Crippen molar-refractivity contribution in [1.29, 1.82) is 0 Å². The van der Waals surface area contributed by atoms with E-state index in [0.29, 0.717) is 13.1 Å². The molecule has 2 unspecified atom stereocenters. The fourth-order valence-electron chi connectivity index (χ4n) is 2.62. The molecule has 0 spiro atoms. The highest BCUT2D eigenvalue weighted by atomic mass is 32.2. The Labute approximate surface area is 113 Å². The minimum absolute atomic E-state index is 0.0638. The summed E-state index contributed by atoms with van der Waals surface area (Å²) < 4.78 is 36.1. The van der Waals surface area contributed by atoms with Gasteiger partial charge in [-0.25, -0.2) is 12.8 Å². The average molecular weight is 286 g/mol. The van der Waals surface area contributed by atoms with Crippen molar-refractivity contribution in [3.63, 3.8) is 0 Å². The second kappa shape index (κ2) is 5.56. The molecule has 1 aliphatic heterocycles. The molecule has 2 atom stereocenters. The normalized spacial score (nSPS) is 25.1. The molecule has 1 aromatic rings. The summed E-state index contributed by atoms with van der Waals surface area (Å²) in [5.41, 5.74) is 6.74. The van der Waals surface area contributed by atoms with Crippen LogP contribution in [0.4, 0.5) is 4.39 Å². The Bertz CT molecular complexity index is 530. The van der Waals surface area contributed by atoms with E-state index in [1.54, 1.807) is 12.1 Å². The predicted molar refractivity (Wildman–Crippen MR) is 73.0 cm³/mol. The van der Waals surface area contributed by atoms with Crippen molar-refractivity contribution in [2.75, 3.05) is 24.6 Å². The highest BCUT2D eigenvalue weighted by molar-refractivity contribution is 7.91. The molecule has 0 aromatic heterocycles. The number of halogens is 1. The predicted octanol–water partition coefficient (Wildman–Crippen LogP) is 0.944. The number of sulfone groups is 1. The maximum absolute atomic E-state index is 13.0. The fourth-order valence-corrected chi connectivity index (χ4v) is 4.20. The lowest BCUT2D eigenvalue weighted by Gasteiger charge is -2.39. The lowest BCUT2D eigenvalue weighted by Crippen LogP contribution is -2.50. The first kappa shape index (κ1) is 14.4. The first-order valence-electron chi connectivity index (χ1n) is 6.34. The molecular formula is C13H19FN2O2S. The molecule has 1 aromatic carbocycles. The Morgan fingerprint density at radius 2 is 2.05 bits per heavy atom. The van der Waals surface area contributed by atoms with Crippen molar-refractivity contribution in [1.82, 2.24) is 4.90 Å². The second-order valence-corrected chi connectivity index (χ2v) is 7.23. The Hall–Kier alpha value is -0.980. The van der Waals surface area contributed by atoms with E-state index in [4.69, 9.17) is 5.73 Å². The van der Waals surface area contributed by atoms with Gasteiger partial charge in [-0.15, -0.1) is 0 Å². The van der Waals surface area contributed by atoms with Crippen molar-refractivity contribution in [2.45, 2.75) is 19.0 Å². The van der Waals surface area contributed by atoms with Crippen LogP contribution in [0.2, 0.25) is 0 Å². The topological polar surface area (TPSA) is 63.4 Å². The summed E-state index contributed by atoms with van der Waals surface area (Å²) in [6.07, 6.45) is 0. The number of nitrogens with zero attached hydrogens (tertiary/aromatic N) is 1. The SMILES string of the molecule is CC1CS(=O)(=O)CCN1C(CN)c1ccc(F)cc1. The molecule has 0 bridgehead atoms.